The van der Waals surface area contributed by atoms with Crippen LogP contribution in [0.15, 0.2) is 12.2 Å². The van der Waals surface area contributed by atoms with Gasteiger partial charge in [-0.25, -0.2) is 0 Å². The Hall–Kier alpha value is -0.340. The lowest BCUT2D eigenvalue weighted by Gasteiger charge is -2.18. The molecular formula is C12H21NO. The normalized spacial score (nSPS) is 38.3. The highest BCUT2D eigenvalue weighted by atomic mass is 16.5. The third-order valence-corrected chi connectivity index (χ3v) is 3.37. The van der Waals surface area contributed by atoms with Gasteiger partial charge in [0.05, 0.1) is 12.2 Å². The van der Waals surface area contributed by atoms with Gasteiger partial charge >= 0.3 is 0 Å². The SMILES string of the molecule is CC1CC(NCC2CC=CC2)C(C)O1. The van der Waals surface area contributed by atoms with Gasteiger partial charge in [-0.2, -0.15) is 0 Å². The molecule has 0 aromatic carbocycles. The van der Waals surface area contributed by atoms with Crippen molar-refractivity contribution in [2.45, 2.75) is 51.4 Å². The van der Waals surface area contributed by atoms with E-state index in [2.05, 4.69) is 31.3 Å². The molecule has 2 nitrogen and oxygen atoms in total. The van der Waals surface area contributed by atoms with Crippen molar-refractivity contribution in [3.8, 4) is 0 Å². The molecule has 1 heterocycles. The predicted octanol–water partition coefficient (Wildman–Crippen LogP) is 2.11. The molecule has 1 saturated heterocycles. The minimum atomic E-state index is 0.388. The van der Waals surface area contributed by atoms with Gasteiger partial charge in [0, 0.05) is 6.04 Å². The molecule has 3 atom stereocenters. The van der Waals surface area contributed by atoms with Crippen LogP contribution < -0.4 is 5.32 Å². The predicted molar refractivity (Wildman–Crippen MR) is 58.3 cm³/mol. The van der Waals surface area contributed by atoms with Gasteiger partial charge in [0.15, 0.2) is 0 Å². The van der Waals surface area contributed by atoms with E-state index in [0.717, 1.165) is 12.5 Å². The summed E-state index contributed by atoms with van der Waals surface area (Å²) < 4.78 is 5.71. The summed E-state index contributed by atoms with van der Waals surface area (Å²) in [7, 11) is 0. The van der Waals surface area contributed by atoms with Gasteiger partial charge in [-0.05, 0) is 45.6 Å². The van der Waals surface area contributed by atoms with Gasteiger partial charge < -0.3 is 10.1 Å². The fourth-order valence-corrected chi connectivity index (χ4v) is 2.47. The monoisotopic (exact) mass is 195 g/mol. The lowest BCUT2D eigenvalue weighted by molar-refractivity contribution is 0.0603. The van der Waals surface area contributed by atoms with E-state index in [9.17, 15) is 0 Å². The van der Waals surface area contributed by atoms with Gasteiger partial charge in [-0.3, -0.25) is 0 Å². The average molecular weight is 195 g/mol. The zero-order valence-electron chi connectivity index (χ0n) is 9.20. The van der Waals surface area contributed by atoms with Crippen LogP contribution in [0.3, 0.4) is 0 Å². The molecule has 1 fully saturated rings. The minimum Gasteiger partial charge on any atom is -0.374 e. The van der Waals surface area contributed by atoms with E-state index in [1.165, 1.54) is 19.3 Å². The standard InChI is InChI=1S/C12H21NO/c1-9-7-12(10(2)14-9)13-8-11-5-3-4-6-11/h3-4,9-13H,5-8H2,1-2H3. The lowest BCUT2D eigenvalue weighted by Crippen LogP contribution is -2.37. The minimum absolute atomic E-state index is 0.388. The van der Waals surface area contributed by atoms with Gasteiger partial charge in [0.1, 0.15) is 0 Å². The first-order valence-corrected chi connectivity index (χ1v) is 5.79. The Kier molecular flexibility index (Phi) is 3.24. The highest BCUT2D eigenvalue weighted by Gasteiger charge is 2.29. The molecule has 0 bridgehead atoms. The third kappa shape index (κ3) is 2.37. The van der Waals surface area contributed by atoms with E-state index < -0.39 is 0 Å². The first-order valence-electron chi connectivity index (χ1n) is 5.79. The first-order chi connectivity index (χ1) is 6.75. The Morgan fingerprint density at radius 2 is 2.00 bits per heavy atom. The topological polar surface area (TPSA) is 21.3 Å². The molecule has 0 amide bonds. The Labute approximate surface area is 86.7 Å². The second-order valence-electron chi connectivity index (χ2n) is 4.71. The van der Waals surface area contributed by atoms with Crippen molar-refractivity contribution in [2.24, 2.45) is 5.92 Å². The maximum absolute atomic E-state index is 5.71. The molecule has 2 rings (SSSR count). The van der Waals surface area contributed by atoms with Gasteiger partial charge in [0.2, 0.25) is 0 Å². The Morgan fingerprint density at radius 3 is 2.57 bits per heavy atom. The number of ether oxygens (including phenoxy) is 1. The number of nitrogens with one attached hydrogen (secondary N) is 1. The van der Waals surface area contributed by atoms with Crippen molar-refractivity contribution in [3.05, 3.63) is 12.2 Å². The molecule has 3 unspecified atom stereocenters. The van der Waals surface area contributed by atoms with E-state index in [1.54, 1.807) is 0 Å². The van der Waals surface area contributed by atoms with Gasteiger partial charge in [0.25, 0.3) is 0 Å². The summed E-state index contributed by atoms with van der Waals surface area (Å²) in [6, 6.07) is 0.575. The fraction of sp³-hybridized carbons (Fsp3) is 0.833. The summed E-state index contributed by atoms with van der Waals surface area (Å²) in [6.45, 7) is 5.49. The van der Waals surface area contributed by atoms with Gasteiger partial charge in [-0.1, -0.05) is 12.2 Å². The molecule has 2 aliphatic rings. The number of hydrogen-bond donors (Lipinski definition) is 1. The third-order valence-electron chi connectivity index (χ3n) is 3.37. The summed E-state index contributed by atoms with van der Waals surface area (Å²) in [5.74, 6) is 0.832. The number of rotatable bonds is 3. The molecule has 0 radical (unpaired) electrons. The summed E-state index contributed by atoms with van der Waals surface area (Å²) in [6.07, 6.45) is 9.09. The molecule has 0 spiro atoms. The lowest BCUT2D eigenvalue weighted by atomic mass is 10.1. The molecule has 0 saturated carbocycles. The van der Waals surface area contributed by atoms with E-state index in [1.807, 2.05) is 0 Å². The van der Waals surface area contributed by atoms with E-state index in [-0.39, 0.29) is 0 Å². The molecule has 1 N–H and O–H groups in total. The van der Waals surface area contributed by atoms with Crippen molar-refractivity contribution in [3.63, 3.8) is 0 Å². The summed E-state index contributed by atoms with van der Waals surface area (Å²) >= 11 is 0. The van der Waals surface area contributed by atoms with Crippen LogP contribution in [0.1, 0.15) is 33.1 Å². The largest absolute Gasteiger partial charge is 0.374 e. The van der Waals surface area contributed by atoms with Crippen molar-refractivity contribution >= 4 is 0 Å². The smallest absolute Gasteiger partial charge is 0.0704 e. The summed E-state index contributed by atoms with van der Waals surface area (Å²) in [4.78, 5) is 0. The highest BCUT2D eigenvalue weighted by Crippen LogP contribution is 2.21. The molecule has 14 heavy (non-hydrogen) atoms. The van der Waals surface area contributed by atoms with Crippen molar-refractivity contribution in [1.82, 2.24) is 5.32 Å². The molecular weight excluding hydrogens is 174 g/mol. The highest BCUT2D eigenvalue weighted by molar-refractivity contribution is 4.95. The van der Waals surface area contributed by atoms with Crippen LogP contribution in [0.2, 0.25) is 0 Å². The van der Waals surface area contributed by atoms with E-state index >= 15 is 0 Å². The summed E-state index contributed by atoms with van der Waals surface area (Å²) in [5, 5.41) is 3.64. The average Bonchev–Trinajstić information content (AvgIpc) is 2.72. The zero-order chi connectivity index (χ0) is 9.97. The Morgan fingerprint density at radius 1 is 1.29 bits per heavy atom. The van der Waals surface area contributed by atoms with E-state index in [0.29, 0.717) is 18.2 Å². The molecule has 2 heteroatoms. The quantitative estimate of drug-likeness (QED) is 0.696. The molecule has 1 aliphatic heterocycles. The summed E-state index contributed by atoms with van der Waals surface area (Å²) in [5.41, 5.74) is 0. The van der Waals surface area contributed by atoms with Crippen LogP contribution in [-0.4, -0.2) is 24.8 Å². The second-order valence-corrected chi connectivity index (χ2v) is 4.71. The fourth-order valence-electron chi connectivity index (χ4n) is 2.47. The van der Waals surface area contributed by atoms with Crippen LogP contribution >= 0.6 is 0 Å². The van der Waals surface area contributed by atoms with Crippen LogP contribution in [-0.2, 0) is 4.74 Å². The van der Waals surface area contributed by atoms with Crippen LogP contribution in [0.25, 0.3) is 0 Å². The Bertz CT molecular complexity index is 206. The van der Waals surface area contributed by atoms with Crippen molar-refractivity contribution in [2.75, 3.05) is 6.54 Å². The molecule has 80 valence electrons. The Balaban J connectivity index is 1.70. The second kappa shape index (κ2) is 4.45. The van der Waals surface area contributed by atoms with Gasteiger partial charge in [-0.15, -0.1) is 0 Å². The molecule has 1 aliphatic carbocycles. The molecule has 0 aromatic rings. The van der Waals surface area contributed by atoms with Crippen LogP contribution in [0.5, 0.6) is 0 Å². The maximum atomic E-state index is 5.71. The van der Waals surface area contributed by atoms with Crippen LogP contribution in [0.4, 0.5) is 0 Å². The van der Waals surface area contributed by atoms with Crippen molar-refractivity contribution in [1.29, 1.82) is 0 Å². The first kappa shape index (κ1) is 10.2. The van der Waals surface area contributed by atoms with E-state index in [4.69, 9.17) is 4.74 Å². The van der Waals surface area contributed by atoms with Crippen molar-refractivity contribution < 1.29 is 4.74 Å². The van der Waals surface area contributed by atoms with Crippen LogP contribution in [0, 0.1) is 5.92 Å². The molecule has 0 aromatic heterocycles. The zero-order valence-corrected chi connectivity index (χ0v) is 9.20. The number of allylic oxidation sites excluding steroid dienone is 2. The maximum Gasteiger partial charge on any atom is 0.0704 e. The number of hydrogen-bond acceptors (Lipinski definition) is 2.